The summed E-state index contributed by atoms with van der Waals surface area (Å²) in [5.41, 5.74) is 5.13. The molecule has 0 radical (unpaired) electrons. The summed E-state index contributed by atoms with van der Waals surface area (Å²) in [4.78, 5) is 22.2. The van der Waals surface area contributed by atoms with Gasteiger partial charge in [-0.25, -0.2) is 4.98 Å². The van der Waals surface area contributed by atoms with Crippen molar-refractivity contribution >= 4 is 22.6 Å². The summed E-state index contributed by atoms with van der Waals surface area (Å²) in [6.45, 7) is 4.39. The minimum absolute atomic E-state index is 0.0448. The Hall–Kier alpha value is -2.82. The van der Waals surface area contributed by atoms with Crippen LogP contribution in [0.2, 0.25) is 0 Å². The lowest BCUT2D eigenvalue weighted by atomic mass is 10.2. The van der Waals surface area contributed by atoms with Gasteiger partial charge in [0.25, 0.3) is 5.91 Å². The average Bonchev–Trinajstić information content (AvgIpc) is 3.16. The summed E-state index contributed by atoms with van der Waals surface area (Å²) in [6.07, 6.45) is 1.08. The van der Waals surface area contributed by atoms with E-state index >= 15 is 0 Å². The van der Waals surface area contributed by atoms with Crippen LogP contribution in [0.4, 0.5) is 5.69 Å². The smallest absolute Gasteiger partial charge is 0.251 e. The molecule has 2 aromatic carbocycles. The monoisotopic (exact) mass is 320 g/mol. The van der Waals surface area contributed by atoms with Gasteiger partial charge in [-0.1, -0.05) is 18.2 Å². The number of hydrogen-bond donors (Lipinski definition) is 2. The first-order chi connectivity index (χ1) is 11.7. The number of hydrogen-bond acceptors (Lipinski definition) is 3. The van der Waals surface area contributed by atoms with Gasteiger partial charge in [0.1, 0.15) is 5.82 Å². The molecule has 1 amide bonds. The number of imidazole rings is 1. The fourth-order valence-electron chi connectivity index (χ4n) is 3.32. The molecule has 0 unspecified atom stereocenters. The molecule has 0 spiro atoms. The number of fused-ring (bicyclic) bond motifs is 2. The van der Waals surface area contributed by atoms with Gasteiger partial charge in [-0.2, -0.15) is 0 Å². The number of nitrogens with zero attached hydrogens (tertiary/aromatic N) is 2. The van der Waals surface area contributed by atoms with Gasteiger partial charge >= 0.3 is 0 Å². The first kappa shape index (κ1) is 14.8. The highest BCUT2D eigenvalue weighted by Gasteiger charge is 2.17. The maximum atomic E-state index is 12.4. The van der Waals surface area contributed by atoms with Crippen molar-refractivity contribution in [1.29, 1.82) is 0 Å². The third-order valence-electron chi connectivity index (χ3n) is 4.51. The minimum Gasteiger partial charge on any atom is -0.369 e. The molecule has 1 aliphatic rings. The molecule has 4 rings (SSSR count). The van der Waals surface area contributed by atoms with Crippen LogP contribution in [0, 0.1) is 6.92 Å². The summed E-state index contributed by atoms with van der Waals surface area (Å²) < 4.78 is 0. The van der Waals surface area contributed by atoms with E-state index in [1.807, 2.05) is 25.1 Å². The highest BCUT2D eigenvalue weighted by molar-refractivity contribution is 5.97. The number of rotatable bonds is 4. The highest BCUT2D eigenvalue weighted by atomic mass is 16.1. The highest BCUT2D eigenvalue weighted by Crippen LogP contribution is 2.26. The Kier molecular flexibility index (Phi) is 3.69. The zero-order chi connectivity index (χ0) is 16.5. The topological polar surface area (TPSA) is 61.0 Å². The van der Waals surface area contributed by atoms with E-state index in [1.54, 1.807) is 0 Å². The van der Waals surface area contributed by atoms with Crippen molar-refractivity contribution in [2.45, 2.75) is 13.3 Å². The molecule has 0 atom stereocenters. The lowest BCUT2D eigenvalue weighted by Crippen LogP contribution is -2.34. The molecule has 1 aromatic heterocycles. The molecule has 2 heterocycles. The number of anilines is 1. The standard InChI is InChI=1S/C19H20N4O/c1-13-21-16-7-6-15(12-17(16)22-13)19(24)20-9-11-23-10-8-14-4-2-3-5-18(14)23/h2-7,12H,8-11H2,1H3,(H,20,24)(H,21,22). The zero-order valence-electron chi connectivity index (χ0n) is 13.7. The minimum atomic E-state index is -0.0448. The van der Waals surface area contributed by atoms with Crippen molar-refractivity contribution in [3.63, 3.8) is 0 Å². The molecule has 2 N–H and O–H groups in total. The van der Waals surface area contributed by atoms with Crippen LogP contribution in [-0.4, -0.2) is 35.5 Å². The first-order valence-corrected chi connectivity index (χ1v) is 8.28. The van der Waals surface area contributed by atoms with E-state index in [0.717, 1.165) is 36.4 Å². The second kappa shape index (κ2) is 6.00. The van der Waals surface area contributed by atoms with Crippen molar-refractivity contribution in [3.8, 4) is 0 Å². The Morgan fingerprint density at radius 3 is 3.08 bits per heavy atom. The molecular weight excluding hydrogens is 300 g/mol. The van der Waals surface area contributed by atoms with Crippen LogP contribution in [0.25, 0.3) is 11.0 Å². The molecule has 5 nitrogen and oxygen atoms in total. The third kappa shape index (κ3) is 2.73. The Balaban J connectivity index is 1.38. The van der Waals surface area contributed by atoms with Gasteiger partial charge in [-0.3, -0.25) is 4.79 Å². The maximum Gasteiger partial charge on any atom is 0.251 e. The van der Waals surface area contributed by atoms with E-state index in [1.165, 1.54) is 11.3 Å². The number of carbonyl (C=O) groups is 1. The molecule has 0 bridgehead atoms. The van der Waals surface area contributed by atoms with Crippen LogP contribution in [0.3, 0.4) is 0 Å². The van der Waals surface area contributed by atoms with Crippen molar-refractivity contribution < 1.29 is 4.79 Å². The summed E-state index contributed by atoms with van der Waals surface area (Å²) >= 11 is 0. The van der Waals surface area contributed by atoms with Gasteiger partial charge in [-0.15, -0.1) is 0 Å². The van der Waals surface area contributed by atoms with Gasteiger partial charge < -0.3 is 15.2 Å². The van der Waals surface area contributed by atoms with Gasteiger partial charge in [0.15, 0.2) is 0 Å². The third-order valence-corrected chi connectivity index (χ3v) is 4.51. The molecule has 3 aromatic rings. The molecule has 5 heteroatoms. The van der Waals surface area contributed by atoms with Crippen LogP contribution in [0.1, 0.15) is 21.7 Å². The van der Waals surface area contributed by atoms with Crippen molar-refractivity contribution in [1.82, 2.24) is 15.3 Å². The number of H-pyrrole nitrogens is 1. The number of benzene rings is 2. The largest absolute Gasteiger partial charge is 0.369 e. The van der Waals surface area contributed by atoms with E-state index in [9.17, 15) is 4.79 Å². The van der Waals surface area contributed by atoms with E-state index in [4.69, 9.17) is 0 Å². The number of amides is 1. The Bertz CT molecular complexity index is 899. The average molecular weight is 320 g/mol. The molecule has 1 aliphatic heterocycles. The van der Waals surface area contributed by atoms with Crippen LogP contribution in [0.5, 0.6) is 0 Å². The van der Waals surface area contributed by atoms with E-state index in [2.05, 4.69) is 44.5 Å². The molecular formula is C19H20N4O. The van der Waals surface area contributed by atoms with Gasteiger partial charge in [-0.05, 0) is 43.2 Å². The predicted octanol–water partition coefficient (Wildman–Crippen LogP) is 2.66. The zero-order valence-corrected chi connectivity index (χ0v) is 13.7. The molecule has 0 fully saturated rings. The second-order valence-corrected chi connectivity index (χ2v) is 6.18. The fraction of sp³-hybridized carbons (Fsp3) is 0.263. The lowest BCUT2D eigenvalue weighted by Gasteiger charge is -2.19. The van der Waals surface area contributed by atoms with Crippen molar-refractivity contribution in [2.75, 3.05) is 24.5 Å². The van der Waals surface area contributed by atoms with Gasteiger partial charge in [0.05, 0.1) is 11.0 Å². The summed E-state index contributed by atoms with van der Waals surface area (Å²) in [5.74, 6) is 0.812. The molecule has 0 saturated carbocycles. The lowest BCUT2D eigenvalue weighted by molar-refractivity contribution is 0.0955. The van der Waals surface area contributed by atoms with E-state index in [-0.39, 0.29) is 5.91 Å². The fourth-order valence-corrected chi connectivity index (χ4v) is 3.32. The number of carbonyl (C=O) groups excluding carboxylic acids is 1. The molecule has 24 heavy (non-hydrogen) atoms. The SMILES string of the molecule is Cc1nc2ccc(C(=O)NCCN3CCc4ccccc43)cc2[nH]1. The molecule has 122 valence electrons. The van der Waals surface area contributed by atoms with Crippen molar-refractivity contribution in [3.05, 3.63) is 59.4 Å². The van der Waals surface area contributed by atoms with Crippen LogP contribution < -0.4 is 10.2 Å². The van der Waals surface area contributed by atoms with Crippen LogP contribution >= 0.6 is 0 Å². The van der Waals surface area contributed by atoms with Gasteiger partial charge in [0, 0.05) is 30.9 Å². The number of aryl methyl sites for hydroxylation is 1. The Morgan fingerprint density at radius 1 is 1.29 bits per heavy atom. The normalized spacial score (nSPS) is 13.3. The summed E-state index contributed by atoms with van der Waals surface area (Å²) in [7, 11) is 0. The number of aromatic amines is 1. The first-order valence-electron chi connectivity index (χ1n) is 8.28. The maximum absolute atomic E-state index is 12.4. The quantitative estimate of drug-likeness (QED) is 0.777. The summed E-state index contributed by atoms with van der Waals surface area (Å²) in [6, 6.07) is 14.0. The van der Waals surface area contributed by atoms with Crippen LogP contribution in [0.15, 0.2) is 42.5 Å². The van der Waals surface area contributed by atoms with Crippen molar-refractivity contribution in [2.24, 2.45) is 0 Å². The predicted molar refractivity (Wildman–Crippen MR) is 95.5 cm³/mol. The van der Waals surface area contributed by atoms with E-state index in [0.29, 0.717) is 12.1 Å². The Labute approximate surface area is 140 Å². The Morgan fingerprint density at radius 2 is 2.17 bits per heavy atom. The van der Waals surface area contributed by atoms with E-state index < -0.39 is 0 Å². The number of para-hydroxylation sites is 1. The number of nitrogens with one attached hydrogen (secondary N) is 2. The van der Waals surface area contributed by atoms with Gasteiger partial charge in [0.2, 0.25) is 0 Å². The molecule has 0 aliphatic carbocycles. The van der Waals surface area contributed by atoms with Crippen LogP contribution in [-0.2, 0) is 6.42 Å². The second-order valence-electron chi connectivity index (χ2n) is 6.18. The summed E-state index contributed by atoms with van der Waals surface area (Å²) in [5, 5.41) is 3.01. The molecule has 0 saturated heterocycles. The number of aromatic nitrogens is 2.